The van der Waals surface area contributed by atoms with Crippen LogP contribution in [-0.4, -0.2) is 6.41 Å². The predicted molar refractivity (Wildman–Crippen MR) is 14.6 cm³/mol. The van der Waals surface area contributed by atoms with Gasteiger partial charge < -0.3 is 5.32 Å². The van der Waals surface area contributed by atoms with Crippen molar-refractivity contribution in [2.24, 2.45) is 0 Å². The van der Waals surface area contributed by atoms with Crippen LogP contribution in [0.1, 0.15) is 0 Å². The third-order valence-corrected chi connectivity index (χ3v) is 0.0833. The average Bonchev–Trinajstić information content (AvgIpc) is 1.37. The first-order valence-electron chi connectivity index (χ1n) is 0.878. The number of hydrogen-bond acceptors (Lipinski definition) is 1. The van der Waals surface area contributed by atoms with Gasteiger partial charge in [0.25, 0.3) is 0 Å². The van der Waals surface area contributed by atoms with E-state index in [1.165, 1.54) is 0 Å². The van der Waals surface area contributed by atoms with Crippen LogP contribution in [0.2, 0.25) is 0 Å². The fourth-order valence-electron chi connectivity index (χ4n) is 0. The summed E-state index contributed by atoms with van der Waals surface area (Å²) in [5, 5.41) is 2.00. The molecule has 0 spiro atoms. The molecule has 0 aromatic rings. The molecule has 1 amide bonds. The van der Waals surface area contributed by atoms with Crippen LogP contribution in [-0.2, 0) is 21.9 Å². The van der Waals surface area contributed by atoms with Crippen molar-refractivity contribution >= 4 is 6.41 Å². The number of hydrogen-bond donors (Lipinski definition) is 1. The maximum Gasteiger partial charge on any atom is 1.00 e. The first-order valence-corrected chi connectivity index (χ1v) is 0.878. The summed E-state index contributed by atoms with van der Waals surface area (Å²) in [7, 11) is 2.99. The normalized spacial score (nSPS) is 4.20. The van der Waals surface area contributed by atoms with Gasteiger partial charge in [-0.3, -0.25) is 11.8 Å². The molecule has 2 nitrogen and oxygen atoms in total. The summed E-state index contributed by atoms with van der Waals surface area (Å²) in [6.07, 6.45) is 0.514. The van der Waals surface area contributed by atoms with Crippen LogP contribution in [0.4, 0.5) is 0 Å². The summed E-state index contributed by atoms with van der Waals surface area (Å²) >= 11 is 0. The fraction of sp³-hybridized carbons (Fsp3) is 0. The smallest absolute Gasteiger partial charge is 0.511 e. The number of carbonyl (C=O) groups excluding carboxylic acids is 1. The molecular weight excluding hydrogens is 118 g/mol. The van der Waals surface area contributed by atoms with Gasteiger partial charge in [0.05, 0.1) is 0 Å². The molecule has 0 saturated carbocycles. The van der Waals surface area contributed by atoms with Gasteiger partial charge in [0.15, 0.2) is 6.41 Å². The molecule has 0 fully saturated rings. The summed E-state index contributed by atoms with van der Waals surface area (Å²) in [6.45, 7) is 0. The second-order valence-electron chi connectivity index (χ2n) is 0.322. The Bertz CT molecular complexity index is 23.6. The molecule has 3 heteroatoms. The summed E-state index contributed by atoms with van der Waals surface area (Å²) in [4.78, 5) is 9.00. The molecule has 0 heterocycles. The summed E-state index contributed by atoms with van der Waals surface area (Å²) in [6, 6.07) is 0. The Kier molecular flexibility index (Phi) is 16.0. The molecule has 0 radical (unpaired) electrons. The van der Waals surface area contributed by atoms with E-state index in [2.05, 4.69) is 7.05 Å². The second-order valence-corrected chi connectivity index (χ2v) is 0.322. The van der Waals surface area contributed by atoms with Gasteiger partial charge in [0.1, 0.15) is 0 Å². The topological polar surface area (TPSA) is 29.1 Å². The van der Waals surface area contributed by atoms with Gasteiger partial charge in [-0.05, 0) is 0 Å². The Morgan fingerprint density at radius 1 is 1.80 bits per heavy atom. The Labute approximate surface area is 41.4 Å². The quantitative estimate of drug-likeness (QED) is 0.284. The van der Waals surface area contributed by atoms with Crippen molar-refractivity contribution in [3.8, 4) is 0 Å². The van der Waals surface area contributed by atoms with E-state index in [1.807, 2.05) is 5.32 Å². The third-order valence-electron chi connectivity index (χ3n) is 0.0833. The van der Waals surface area contributed by atoms with Gasteiger partial charge in [-0.25, -0.2) is 0 Å². The van der Waals surface area contributed by atoms with Crippen LogP contribution in [0.3, 0.4) is 0 Å². The van der Waals surface area contributed by atoms with Crippen molar-refractivity contribution in [2.75, 3.05) is 0 Å². The summed E-state index contributed by atoms with van der Waals surface area (Å²) in [5.41, 5.74) is 0. The zero-order valence-electron chi connectivity index (χ0n) is 2.49. The number of carbonyl (C=O) groups is 1. The summed E-state index contributed by atoms with van der Waals surface area (Å²) in [5.74, 6) is 0. The van der Waals surface area contributed by atoms with Crippen molar-refractivity contribution in [3.63, 3.8) is 0 Å². The molecule has 0 bridgehead atoms. The summed E-state index contributed by atoms with van der Waals surface area (Å²) < 4.78 is 0. The minimum atomic E-state index is 0. The van der Waals surface area contributed by atoms with Crippen molar-refractivity contribution in [1.29, 1.82) is 0 Å². The Hall–Kier alpha value is -0.0105. The Morgan fingerprint density at radius 3 is 2.00 bits per heavy atom. The molecular formula is C2H4CuNO. The molecule has 0 aliphatic heterocycles. The van der Waals surface area contributed by atoms with Crippen LogP contribution in [0, 0.1) is 7.05 Å². The maximum atomic E-state index is 9.00. The Morgan fingerprint density at radius 2 is 2.00 bits per heavy atom. The van der Waals surface area contributed by atoms with Crippen LogP contribution in [0.25, 0.3) is 0 Å². The molecule has 0 aromatic carbocycles. The van der Waals surface area contributed by atoms with E-state index in [4.69, 9.17) is 4.79 Å². The minimum Gasteiger partial charge on any atom is -0.511 e. The van der Waals surface area contributed by atoms with Crippen molar-refractivity contribution in [1.82, 2.24) is 5.32 Å². The van der Waals surface area contributed by atoms with Gasteiger partial charge in [-0.1, -0.05) is 0 Å². The number of nitrogens with one attached hydrogen (secondary N) is 1. The van der Waals surface area contributed by atoms with Crippen LogP contribution < -0.4 is 5.32 Å². The monoisotopic (exact) mass is 121 g/mol. The average molecular weight is 122 g/mol. The van der Waals surface area contributed by atoms with Crippen LogP contribution in [0.5, 0.6) is 0 Å². The predicted octanol–water partition coefficient (Wildman–Crippen LogP) is -0.479. The van der Waals surface area contributed by atoms with Crippen molar-refractivity contribution in [3.05, 3.63) is 7.05 Å². The molecule has 0 atom stereocenters. The molecule has 0 rings (SSSR count). The molecule has 5 heavy (non-hydrogen) atoms. The Balaban J connectivity index is 0. The largest absolute Gasteiger partial charge is 1.00 e. The number of rotatable bonds is 1. The SMILES string of the molecule is [CH2-]NC=O.[Cu+]. The zero-order chi connectivity index (χ0) is 3.41. The molecule has 0 saturated heterocycles. The maximum absolute atomic E-state index is 9.00. The van der Waals surface area contributed by atoms with E-state index < -0.39 is 0 Å². The third kappa shape index (κ3) is 16.1. The first-order chi connectivity index (χ1) is 1.91. The number of amides is 1. The van der Waals surface area contributed by atoms with E-state index >= 15 is 0 Å². The molecule has 0 unspecified atom stereocenters. The molecule has 0 aliphatic rings. The van der Waals surface area contributed by atoms with Crippen LogP contribution in [0.15, 0.2) is 0 Å². The molecule has 34 valence electrons. The van der Waals surface area contributed by atoms with Gasteiger partial charge in [0.2, 0.25) is 0 Å². The molecule has 1 N–H and O–H groups in total. The standard InChI is InChI=1S/C2H4NO.Cu/c1-3-2-4;/h2H,1H2,(H,3,4);/q-1;+1. The van der Waals surface area contributed by atoms with Gasteiger partial charge in [-0.15, -0.1) is 0 Å². The molecule has 0 aromatic heterocycles. The molecule has 0 aliphatic carbocycles. The fourth-order valence-corrected chi connectivity index (χ4v) is 0. The van der Waals surface area contributed by atoms with Gasteiger partial charge in [0, 0.05) is 0 Å². The van der Waals surface area contributed by atoms with Crippen molar-refractivity contribution < 1.29 is 21.9 Å². The van der Waals surface area contributed by atoms with Gasteiger partial charge >= 0.3 is 17.1 Å². The minimum absolute atomic E-state index is 0. The second kappa shape index (κ2) is 9.01. The van der Waals surface area contributed by atoms with Crippen LogP contribution >= 0.6 is 0 Å². The van der Waals surface area contributed by atoms with E-state index in [-0.39, 0.29) is 17.1 Å². The van der Waals surface area contributed by atoms with E-state index in [9.17, 15) is 0 Å². The van der Waals surface area contributed by atoms with Crippen molar-refractivity contribution in [2.45, 2.75) is 0 Å². The van der Waals surface area contributed by atoms with Gasteiger partial charge in [-0.2, -0.15) is 0 Å². The van der Waals surface area contributed by atoms with E-state index in [0.29, 0.717) is 6.41 Å². The van der Waals surface area contributed by atoms with E-state index in [1.54, 1.807) is 0 Å². The zero-order valence-corrected chi connectivity index (χ0v) is 3.44. The first kappa shape index (κ1) is 8.89. The van der Waals surface area contributed by atoms with E-state index in [0.717, 1.165) is 0 Å².